The molecule has 4 rings (SSSR count). The zero-order chi connectivity index (χ0) is 32.4. The van der Waals surface area contributed by atoms with E-state index in [1.165, 1.54) is 30.2 Å². The number of carbonyl (C=O) groups is 2. The fourth-order valence-corrected chi connectivity index (χ4v) is 4.71. The Balaban J connectivity index is 0.000000448. The van der Waals surface area contributed by atoms with Gasteiger partial charge in [-0.2, -0.15) is 17.2 Å². The van der Waals surface area contributed by atoms with Gasteiger partial charge in [-0.3, -0.25) is 14.1 Å². The van der Waals surface area contributed by atoms with Crippen LogP contribution in [0.3, 0.4) is 0 Å². The molecule has 2 unspecified atom stereocenters. The van der Waals surface area contributed by atoms with Gasteiger partial charge in [0.15, 0.2) is 11.9 Å². The molecule has 0 aromatic heterocycles. The predicted molar refractivity (Wildman–Crippen MR) is 155 cm³/mol. The first-order valence-electron chi connectivity index (χ1n) is 12.8. The number of amides is 2. The normalized spacial score (nSPS) is 15.4. The van der Waals surface area contributed by atoms with Crippen LogP contribution in [-0.4, -0.2) is 66.9 Å². The molecule has 12 nitrogen and oxygen atoms in total. The van der Waals surface area contributed by atoms with Crippen molar-refractivity contribution in [3.63, 3.8) is 0 Å². The molecule has 0 saturated carbocycles. The number of alkyl halides is 2. The minimum atomic E-state index is -4.00. The van der Waals surface area contributed by atoms with Crippen LogP contribution < -0.4 is 15.8 Å². The molecule has 44 heavy (non-hydrogen) atoms. The first kappa shape index (κ1) is 34.2. The van der Waals surface area contributed by atoms with E-state index in [0.717, 1.165) is 17.7 Å². The third kappa shape index (κ3) is 9.60. The van der Waals surface area contributed by atoms with Crippen LogP contribution >= 0.6 is 11.6 Å². The number of hydrogen-bond acceptors (Lipinski definition) is 8. The van der Waals surface area contributed by atoms with E-state index in [9.17, 15) is 31.9 Å². The standard InChI is InChI=1S/C22H23ClF2N4O5.C6H6O3S/c1-33-28-19(26)13-4-2-12(3-5-13)11-27-20(31)17-6-7-29(17)21(32)18(30)14-8-15(23)10-16(9-14)34-22(24)25;7-10(8,9)6-4-2-1-3-5-6/h2-5,8-10,17-18,22,30H,6-7,11H2,1H3,(H2,26,28)(H,27,31);1-5H,(H,7,8,9). The molecule has 0 spiro atoms. The molecule has 0 aliphatic carbocycles. The van der Waals surface area contributed by atoms with E-state index >= 15 is 0 Å². The Morgan fingerprint density at radius 3 is 2.32 bits per heavy atom. The molecule has 3 aromatic rings. The van der Waals surface area contributed by atoms with Crippen LogP contribution in [0.5, 0.6) is 5.75 Å². The van der Waals surface area contributed by atoms with Crippen LogP contribution in [0.25, 0.3) is 0 Å². The number of hydrogen-bond donors (Lipinski definition) is 4. The quantitative estimate of drug-likeness (QED) is 0.111. The number of amidine groups is 1. The van der Waals surface area contributed by atoms with E-state index in [2.05, 4.69) is 20.0 Å². The zero-order valence-electron chi connectivity index (χ0n) is 23.1. The fraction of sp³-hybridized carbons (Fsp3) is 0.250. The Hall–Kier alpha value is -4.31. The molecular weight excluding hydrogens is 626 g/mol. The third-order valence-electron chi connectivity index (χ3n) is 6.22. The van der Waals surface area contributed by atoms with Crippen LogP contribution in [0.15, 0.2) is 82.8 Å². The van der Waals surface area contributed by atoms with Gasteiger partial charge in [0, 0.05) is 23.7 Å². The van der Waals surface area contributed by atoms with E-state index in [4.69, 9.17) is 21.9 Å². The van der Waals surface area contributed by atoms with Crippen molar-refractivity contribution in [1.29, 1.82) is 0 Å². The number of oxime groups is 1. The molecule has 0 bridgehead atoms. The van der Waals surface area contributed by atoms with Crippen molar-refractivity contribution >= 4 is 39.4 Å². The lowest BCUT2D eigenvalue weighted by Gasteiger charge is -2.40. The van der Waals surface area contributed by atoms with Gasteiger partial charge in [-0.25, -0.2) is 0 Å². The minimum Gasteiger partial charge on any atom is -0.435 e. The van der Waals surface area contributed by atoms with Gasteiger partial charge in [0.05, 0.1) is 4.90 Å². The summed E-state index contributed by atoms with van der Waals surface area (Å²) in [5, 5.41) is 16.9. The summed E-state index contributed by atoms with van der Waals surface area (Å²) in [5.41, 5.74) is 7.18. The number of nitrogens with two attached hydrogens (primary N) is 1. The number of aliphatic hydroxyl groups is 1. The average Bonchev–Trinajstić information content (AvgIpc) is 2.95. The van der Waals surface area contributed by atoms with Crippen molar-refractivity contribution in [3.8, 4) is 5.75 Å². The van der Waals surface area contributed by atoms with Gasteiger partial charge in [0.25, 0.3) is 16.0 Å². The number of benzene rings is 3. The van der Waals surface area contributed by atoms with E-state index in [1.54, 1.807) is 42.5 Å². The molecule has 236 valence electrons. The maximum Gasteiger partial charge on any atom is 0.387 e. The second kappa shape index (κ2) is 15.4. The Bertz CT molecular complexity index is 1580. The zero-order valence-corrected chi connectivity index (χ0v) is 24.7. The smallest absolute Gasteiger partial charge is 0.387 e. The maximum atomic E-state index is 12.7. The molecular formula is C28H29ClF2N4O8S. The van der Waals surface area contributed by atoms with Crippen molar-refractivity contribution in [1.82, 2.24) is 10.2 Å². The summed E-state index contributed by atoms with van der Waals surface area (Å²) in [6.07, 6.45) is -1.27. The molecule has 2 amide bonds. The Morgan fingerprint density at radius 2 is 1.80 bits per heavy atom. The summed E-state index contributed by atoms with van der Waals surface area (Å²) < 4.78 is 58.5. The summed E-state index contributed by atoms with van der Waals surface area (Å²) in [4.78, 5) is 31.1. The van der Waals surface area contributed by atoms with E-state index in [1.807, 2.05) is 0 Å². The molecule has 1 saturated heterocycles. The molecule has 0 radical (unpaired) electrons. The Labute approximate surface area is 256 Å². The fourth-order valence-electron chi connectivity index (χ4n) is 3.98. The summed E-state index contributed by atoms with van der Waals surface area (Å²) in [5.74, 6) is -1.20. The second-order valence-electron chi connectivity index (χ2n) is 9.20. The lowest BCUT2D eigenvalue weighted by molar-refractivity contribution is -0.154. The first-order chi connectivity index (χ1) is 20.8. The van der Waals surface area contributed by atoms with Gasteiger partial charge in [0.2, 0.25) is 5.91 Å². The van der Waals surface area contributed by atoms with E-state index < -0.39 is 34.8 Å². The Morgan fingerprint density at radius 1 is 1.14 bits per heavy atom. The number of nitrogens with zero attached hydrogens (tertiary/aromatic N) is 2. The van der Waals surface area contributed by atoms with Gasteiger partial charge < -0.3 is 30.6 Å². The van der Waals surface area contributed by atoms with E-state index in [-0.39, 0.29) is 46.1 Å². The number of nitrogens with one attached hydrogen (secondary N) is 1. The molecule has 2 atom stereocenters. The Kier molecular flexibility index (Phi) is 12.0. The molecule has 3 aromatic carbocycles. The van der Waals surface area contributed by atoms with Gasteiger partial charge in [-0.1, -0.05) is 59.2 Å². The third-order valence-corrected chi connectivity index (χ3v) is 7.31. The molecule has 1 fully saturated rings. The predicted octanol–water partition coefficient (Wildman–Crippen LogP) is 3.09. The highest BCUT2D eigenvalue weighted by Crippen LogP contribution is 2.29. The van der Waals surface area contributed by atoms with Crippen LogP contribution in [0.1, 0.15) is 29.2 Å². The van der Waals surface area contributed by atoms with Crippen molar-refractivity contribution in [2.45, 2.75) is 36.6 Å². The van der Waals surface area contributed by atoms with Crippen LogP contribution in [0.2, 0.25) is 5.02 Å². The molecule has 1 aliphatic heterocycles. The number of rotatable bonds is 10. The number of halogens is 3. The SMILES string of the molecule is CO/N=C(\N)c1ccc(CNC(=O)C2CCN2C(=O)C(O)c2cc(Cl)cc(OC(F)F)c2)cc1.O=S(=O)(O)c1ccccc1. The van der Waals surface area contributed by atoms with Crippen molar-refractivity contribution in [3.05, 3.63) is 94.5 Å². The van der Waals surface area contributed by atoms with Crippen molar-refractivity contribution < 1.29 is 46.0 Å². The first-order valence-corrected chi connectivity index (χ1v) is 14.6. The molecule has 16 heteroatoms. The molecule has 1 heterocycles. The summed E-state index contributed by atoms with van der Waals surface area (Å²) in [7, 11) is -2.62. The summed E-state index contributed by atoms with van der Waals surface area (Å²) in [6, 6.07) is 17.2. The molecule has 5 N–H and O–H groups in total. The van der Waals surface area contributed by atoms with Gasteiger partial charge >= 0.3 is 6.61 Å². The second-order valence-corrected chi connectivity index (χ2v) is 11.1. The van der Waals surface area contributed by atoms with Crippen LogP contribution in [0, 0.1) is 0 Å². The van der Waals surface area contributed by atoms with Crippen LogP contribution in [0.4, 0.5) is 8.78 Å². The topological polar surface area (TPSA) is 181 Å². The lowest BCUT2D eigenvalue weighted by atomic mass is 9.98. The van der Waals surface area contributed by atoms with Gasteiger partial charge in [0.1, 0.15) is 18.9 Å². The average molecular weight is 655 g/mol. The number of likely N-dealkylation sites (tertiary alicyclic amines) is 1. The highest BCUT2D eigenvalue weighted by molar-refractivity contribution is 7.85. The number of aliphatic hydroxyl groups excluding tert-OH is 1. The van der Waals surface area contributed by atoms with Crippen molar-refractivity contribution in [2.75, 3.05) is 13.7 Å². The highest BCUT2D eigenvalue weighted by Gasteiger charge is 2.40. The van der Waals surface area contributed by atoms with Gasteiger partial charge in [-0.15, -0.1) is 0 Å². The van der Waals surface area contributed by atoms with E-state index in [0.29, 0.717) is 12.0 Å². The van der Waals surface area contributed by atoms with Crippen molar-refractivity contribution in [2.24, 2.45) is 10.9 Å². The summed E-state index contributed by atoms with van der Waals surface area (Å²) >= 11 is 5.89. The molecule has 1 aliphatic rings. The maximum absolute atomic E-state index is 12.7. The summed E-state index contributed by atoms with van der Waals surface area (Å²) in [6.45, 7) is -2.61. The number of ether oxygens (including phenoxy) is 1. The minimum absolute atomic E-state index is 0.0131. The van der Waals surface area contributed by atoms with Crippen LogP contribution in [-0.2, 0) is 31.1 Å². The van der Waals surface area contributed by atoms with Gasteiger partial charge in [-0.05, 0) is 47.9 Å². The largest absolute Gasteiger partial charge is 0.435 e. The monoisotopic (exact) mass is 654 g/mol. The highest BCUT2D eigenvalue weighted by atomic mass is 35.5. The number of carbonyl (C=O) groups excluding carboxylic acids is 2. The lowest BCUT2D eigenvalue weighted by Crippen LogP contribution is -2.59.